The van der Waals surface area contributed by atoms with Crippen LogP contribution in [0.3, 0.4) is 0 Å². The van der Waals surface area contributed by atoms with Crippen LogP contribution >= 0.6 is 0 Å². The Morgan fingerprint density at radius 2 is 0.511 bits per heavy atom. The fourth-order valence-corrected chi connectivity index (χ4v) is 3.30. The van der Waals surface area contributed by atoms with E-state index in [9.17, 15) is 0 Å². The highest BCUT2D eigenvalue weighted by molar-refractivity contribution is 5.20. The molecule has 0 saturated heterocycles. The normalized spacial score (nSPS) is 11.4. The second-order valence-corrected chi connectivity index (χ2v) is 9.09. The van der Waals surface area contributed by atoms with Crippen molar-refractivity contribution in [3.05, 3.63) is 30.3 Å². The number of para-hydroxylation sites is 1. The van der Waals surface area contributed by atoms with Gasteiger partial charge in [-0.1, -0.05) is 18.2 Å². The Labute approximate surface area is 269 Å². The third kappa shape index (κ3) is 33.7. The molecule has 0 spiro atoms. The summed E-state index contributed by atoms with van der Waals surface area (Å²) in [5.74, 6) is 0.844. The first kappa shape index (κ1) is 41.6. The van der Waals surface area contributed by atoms with Crippen LogP contribution in [-0.4, -0.2) is 165 Å². The molecule has 0 fully saturated rings. The Balaban J connectivity index is 1.61. The summed E-state index contributed by atoms with van der Waals surface area (Å²) in [4.78, 5) is 0. The molecular formula is C32H58O13. The lowest BCUT2D eigenvalue weighted by molar-refractivity contribution is -0.0284. The van der Waals surface area contributed by atoms with Crippen LogP contribution in [0, 0.1) is 0 Å². The van der Waals surface area contributed by atoms with Gasteiger partial charge in [0.25, 0.3) is 0 Å². The van der Waals surface area contributed by atoms with Crippen molar-refractivity contribution in [3.63, 3.8) is 0 Å². The van der Waals surface area contributed by atoms with Crippen LogP contribution in [0.15, 0.2) is 30.3 Å². The zero-order valence-corrected chi connectivity index (χ0v) is 27.4. The van der Waals surface area contributed by atoms with Gasteiger partial charge in [-0.15, -0.1) is 0 Å². The van der Waals surface area contributed by atoms with E-state index in [0.717, 1.165) is 5.75 Å². The Hall–Kier alpha value is -1.46. The van der Waals surface area contributed by atoms with E-state index < -0.39 is 0 Å². The van der Waals surface area contributed by atoms with Crippen LogP contribution in [0.2, 0.25) is 0 Å². The van der Waals surface area contributed by atoms with E-state index in [0.29, 0.717) is 165 Å². The molecule has 1 aromatic rings. The molecule has 0 N–H and O–H groups in total. The van der Waals surface area contributed by atoms with Gasteiger partial charge in [-0.3, -0.25) is 0 Å². The highest BCUT2D eigenvalue weighted by Crippen LogP contribution is 2.07. The topological polar surface area (TPSA) is 120 Å². The van der Waals surface area contributed by atoms with E-state index in [1.165, 1.54) is 0 Å². The predicted molar refractivity (Wildman–Crippen MR) is 167 cm³/mol. The van der Waals surface area contributed by atoms with Gasteiger partial charge in [0.05, 0.1) is 152 Å². The zero-order chi connectivity index (χ0) is 32.0. The van der Waals surface area contributed by atoms with Crippen LogP contribution in [0.25, 0.3) is 0 Å². The maximum atomic E-state index is 5.55. The third-order valence-electron chi connectivity index (χ3n) is 5.54. The summed E-state index contributed by atoms with van der Waals surface area (Å²) in [7, 11) is 0. The molecule has 0 atom stereocenters. The maximum Gasteiger partial charge on any atom is 0.119 e. The van der Waals surface area contributed by atoms with Crippen LogP contribution in [0.1, 0.15) is 6.92 Å². The van der Waals surface area contributed by atoms with Crippen molar-refractivity contribution in [1.29, 1.82) is 0 Å². The molecule has 0 saturated carbocycles. The van der Waals surface area contributed by atoms with E-state index in [-0.39, 0.29) is 0 Å². The Morgan fingerprint density at radius 3 is 0.756 bits per heavy atom. The average Bonchev–Trinajstić information content (AvgIpc) is 3.06. The van der Waals surface area contributed by atoms with Gasteiger partial charge in [-0.2, -0.15) is 0 Å². The van der Waals surface area contributed by atoms with Crippen molar-refractivity contribution in [3.8, 4) is 5.75 Å². The summed E-state index contributed by atoms with van der Waals surface area (Å²) < 4.78 is 70.8. The molecule has 13 heteroatoms. The molecule has 0 bridgehead atoms. The van der Waals surface area contributed by atoms with Gasteiger partial charge < -0.3 is 61.6 Å². The highest BCUT2D eigenvalue weighted by atomic mass is 16.6. The summed E-state index contributed by atoms with van der Waals surface area (Å²) in [5, 5.41) is 0. The molecule has 0 aromatic heterocycles. The first-order chi connectivity index (χ1) is 22.4. The van der Waals surface area contributed by atoms with Crippen molar-refractivity contribution in [2.24, 2.45) is 0 Å². The van der Waals surface area contributed by atoms with Crippen molar-refractivity contribution in [1.82, 2.24) is 0 Å². The molecule has 0 aliphatic carbocycles. The smallest absolute Gasteiger partial charge is 0.119 e. The van der Waals surface area contributed by atoms with Crippen LogP contribution in [0.4, 0.5) is 0 Å². The van der Waals surface area contributed by atoms with Gasteiger partial charge in [0.2, 0.25) is 0 Å². The fraction of sp³-hybridized carbons (Fsp3) is 0.812. The number of rotatable bonds is 38. The second kappa shape index (κ2) is 37.0. The Bertz CT molecular complexity index is 672. The Morgan fingerprint density at radius 1 is 0.289 bits per heavy atom. The number of hydrogen-bond donors (Lipinski definition) is 0. The largest absolute Gasteiger partial charge is 0.491 e. The molecular weight excluding hydrogens is 592 g/mol. The number of ether oxygens (including phenoxy) is 13. The van der Waals surface area contributed by atoms with Crippen molar-refractivity contribution in [2.45, 2.75) is 6.92 Å². The molecule has 1 aromatic carbocycles. The van der Waals surface area contributed by atoms with Crippen LogP contribution < -0.4 is 4.74 Å². The lowest BCUT2D eigenvalue weighted by atomic mass is 10.3. The van der Waals surface area contributed by atoms with Gasteiger partial charge in [0.15, 0.2) is 0 Å². The molecule has 0 aliphatic heterocycles. The number of hydrogen-bond acceptors (Lipinski definition) is 13. The Kier molecular flexibility index (Phi) is 34.2. The predicted octanol–water partition coefficient (Wildman–Crippen LogP) is 2.28. The molecule has 264 valence electrons. The first-order valence-electron chi connectivity index (χ1n) is 16.0. The summed E-state index contributed by atoms with van der Waals surface area (Å²) in [6.07, 6.45) is 0. The second-order valence-electron chi connectivity index (χ2n) is 9.09. The van der Waals surface area contributed by atoms with Crippen molar-refractivity contribution >= 4 is 0 Å². The van der Waals surface area contributed by atoms with Gasteiger partial charge in [-0.05, 0) is 19.1 Å². The van der Waals surface area contributed by atoms with E-state index in [1.54, 1.807) is 0 Å². The van der Waals surface area contributed by atoms with E-state index in [2.05, 4.69) is 0 Å². The lowest BCUT2D eigenvalue weighted by Crippen LogP contribution is -2.15. The average molecular weight is 651 g/mol. The first-order valence-corrected chi connectivity index (χ1v) is 16.0. The zero-order valence-electron chi connectivity index (χ0n) is 27.4. The molecule has 0 radical (unpaired) electrons. The molecule has 0 heterocycles. The van der Waals surface area contributed by atoms with Gasteiger partial charge >= 0.3 is 0 Å². The summed E-state index contributed by atoms with van der Waals surface area (Å²) in [6, 6.07) is 9.67. The van der Waals surface area contributed by atoms with Gasteiger partial charge in [-0.25, -0.2) is 0 Å². The number of benzene rings is 1. The lowest BCUT2D eigenvalue weighted by Gasteiger charge is -2.09. The molecule has 0 unspecified atom stereocenters. The molecule has 13 nitrogen and oxygen atoms in total. The van der Waals surface area contributed by atoms with Crippen LogP contribution in [0.5, 0.6) is 5.75 Å². The summed E-state index contributed by atoms with van der Waals surface area (Å²) >= 11 is 0. The third-order valence-corrected chi connectivity index (χ3v) is 5.54. The van der Waals surface area contributed by atoms with Crippen LogP contribution in [-0.2, 0) is 56.8 Å². The quantitative estimate of drug-likeness (QED) is 0.0975. The van der Waals surface area contributed by atoms with Gasteiger partial charge in [0, 0.05) is 6.61 Å². The standard InChI is InChI=1S/C32H58O13/c1-2-33-8-9-34-10-11-35-12-13-36-14-15-37-16-17-38-18-19-39-20-21-40-22-23-41-24-25-42-26-27-43-28-29-44-30-31-45-32-6-4-3-5-7-32/h3-7H,2,8-31H2,1H3. The summed E-state index contributed by atoms with van der Waals surface area (Å²) in [5.41, 5.74) is 0. The highest BCUT2D eigenvalue weighted by Gasteiger charge is 1.97. The molecule has 1 rings (SSSR count). The minimum absolute atomic E-state index is 0.511. The summed E-state index contributed by atoms with van der Waals surface area (Å²) in [6.45, 7) is 15.4. The van der Waals surface area contributed by atoms with E-state index in [1.807, 2.05) is 37.3 Å². The minimum atomic E-state index is 0.511. The molecule has 45 heavy (non-hydrogen) atoms. The van der Waals surface area contributed by atoms with Gasteiger partial charge in [0.1, 0.15) is 12.4 Å². The molecule has 0 amide bonds. The van der Waals surface area contributed by atoms with E-state index >= 15 is 0 Å². The van der Waals surface area contributed by atoms with E-state index in [4.69, 9.17) is 61.6 Å². The SMILES string of the molecule is CCOCCOCCOCCOCCOCCOCCOCCOCCOCCOCCOCCOCCOc1ccccc1. The monoisotopic (exact) mass is 650 g/mol. The fourth-order valence-electron chi connectivity index (χ4n) is 3.30. The maximum absolute atomic E-state index is 5.55. The van der Waals surface area contributed by atoms with Crippen molar-refractivity contribution in [2.75, 3.05) is 165 Å². The minimum Gasteiger partial charge on any atom is -0.491 e. The van der Waals surface area contributed by atoms with Crippen molar-refractivity contribution < 1.29 is 61.6 Å². The molecule has 0 aliphatic rings.